The van der Waals surface area contributed by atoms with Gasteiger partial charge in [-0.05, 0) is 60.4 Å². The van der Waals surface area contributed by atoms with Crippen LogP contribution in [0.3, 0.4) is 0 Å². The summed E-state index contributed by atoms with van der Waals surface area (Å²) >= 11 is 0. The highest BCUT2D eigenvalue weighted by atomic mass is 16.5. The van der Waals surface area contributed by atoms with Crippen LogP contribution in [0.25, 0.3) is 10.8 Å². The van der Waals surface area contributed by atoms with E-state index in [4.69, 9.17) is 4.74 Å². The predicted octanol–water partition coefficient (Wildman–Crippen LogP) is 5.71. The molecule has 0 aliphatic rings. The Hall–Kier alpha value is -4.12. The van der Waals surface area contributed by atoms with E-state index in [2.05, 4.69) is 10.6 Å². The molecule has 4 aromatic rings. The van der Waals surface area contributed by atoms with E-state index < -0.39 is 0 Å². The fraction of sp³-hybridized carbons (Fsp3) is 0.172. The minimum Gasteiger partial charge on any atom is -0.483 e. The van der Waals surface area contributed by atoms with Gasteiger partial charge in [0.15, 0.2) is 6.61 Å². The van der Waals surface area contributed by atoms with Gasteiger partial charge in [-0.2, -0.15) is 0 Å². The molecule has 0 unspecified atom stereocenters. The average molecular weight is 453 g/mol. The van der Waals surface area contributed by atoms with Crippen molar-refractivity contribution in [1.82, 2.24) is 5.32 Å². The highest BCUT2D eigenvalue weighted by Crippen LogP contribution is 2.27. The molecule has 5 heteroatoms. The SMILES string of the molecule is Cc1cc(C)c(NC(=O)COc2cc3ccccc3cc2C(=O)NCc2ccccc2)c(C)c1. The summed E-state index contributed by atoms with van der Waals surface area (Å²) in [6, 6.07) is 25.1. The van der Waals surface area contributed by atoms with Gasteiger partial charge in [-0.15, -0.1) is 0 Å². The van der Waals surface area contributed by atoms with Crippen molar-refractivity contribution in [3.05, 3.63) is 107 Å². The number of hydrogen-bond acceptors (Lipinski definition) is 3. The van der Waals surface area contributed by atoms with Gasteiger partial charge in [-0.1, -0.05) is 72.3 Å². The highest BCUT2D eigenvalue weighted by Gasteiger charge is 2.16. The second-order valence-electron chi connectivity index (χ2n) is 8.47. The van der Waals surface area contributed by atoms with E-state index in [1.807, 2.05) is 93.6 Å². The molecule has 2 amide bonds. The minimum atomic E-state index is -0.279. The largest absolute Gasteiger partial charge is 0.483 e. The van der Waals surface area contributed by atoms with Gasteiger partial charge >= 0.3 is 0 Å². The van der Waals surface area contributed by atoms with Crippen molar-refractivity contribution >= 4 is 28.3 Å². The van der Waals surface area contributed by atoms with E-state index in [-0.39, 0.29) is 18.4 Å². The molecule has 0 radical (unpaired) electrons. The number of hydrogen-bond donors (Lipinski definition) is 2. The van der Waals surface area contributed by atoms with Crippen LogP contribution in [0, 0.1) is 20.8 Å². The molecule has 34 heavy (non-hydrogen) atoms. The van der Waals surface area contributed by atoms with Crippen molar-refractivity contribution in [2.45, 2.75) is 27.3 Å². The zero-order valence-electron chi connectivity index (χ0n) is 19.6. The van der Waals surface area contributed by atoms with Gasteiger partial charge in [0.2, 0.25) is 0 Å². The maximum absolute atomic E-state index is 13.0. The lowest BCUT2D eigenvalue weighted by Crippen LogP contribution is -2.25. The Kier molecular flexibility index (Phi) is 6.93. The normalized spacial score (nSPS) is 10.7. The first-order chi connectivity index (χ1) is 16.4. The van der Waals surface area contributed by atoms with Crippen molar-refractivity contribution in [2.24, 2.45) is 0 Å². The van der Waals surface area contributed by atoms with Gasteiger partial charge in [0, 0.05) is 12.2 Å². The van der Waals surface area contributed by atoms with Gasteiger partial charge in [0.05, 0.1) is 5.56 Å². The lowest BCUT2D eigenvalue weighted by Gasteiger charge is -2.15. The van der Waals surface area contributed by atoms with Crippen molar-refractivity contribution in [1.29, 1.82) is 0 Å². The Morgan fingerprint density at radius 3 is 2.09 bits per heavy atom. The number of ether oxygens (including phenoxy) is 1. The summed E-state index contributed by atoms with van der Waals surface area (Å²) in [6.07, 6.45) is 0. The van der Waals surface area contributed by atoms with Crippen LogP contribution in [-0.2, 0) is 11.3 Å². The molecule has 4 rings (SSSR count). The van der Waals surface area contributed by atoms with Crippen LogP contribution in [0.5, 0.6) is 5.75 Å². The van der Waals surface area contributed by atoms with E-state index in [0.717, 1.165) is 38.7 Å². The van der Waals surface area contributed by atoms with Crippen molar-refractivity contribution in [3.8, 4) is 5.75 Å². The Balaban J connectivity index is 1.52. The quantitative estimate of drug-likeness (QED) is 0.377. The summed E-state index contributed by atoms with van der Waals surface area (Å²) in [5, 5.41) is 7.75. The molecule has 0 atom stereocenters. The lowest BCUT2D eigenvalue weighted by atomic mass is 10.0. The van der Waals surface area contributed by atoms with Gasteiger partial charge in [0.1, 0.15) is 5.75 Å². The van der Waals surface area contributed by atoms with Crippen molar-refractivity contribution in [3.63, 3.8) is 0 Å². The number of carbonyl (C=O) groups is 2. The fourth-order valence-electron chi connectivity index (χ4n) is 4.09. The summed E-state index contributed by atoms with van der Waals surface area (Å²) in [7, 11) is 0. The first-order valence-electron chi connectivity index (χ1n) is 11.3. The molecule has 0 fully saturated rings. The monoisotopic (exact) mass is 452 g/mol. The fourth-order valence-corrected chi connectivity index (χ4v) is 4.09. The molecule has 0 saturated heterocycles. The molecule has 0 saturated carbocycles. The van der Waals surface area contributed by atoms with E-state index in [9.17, 15) is 9.59 Å². The van der Waals surface area contributed by atoms with E-state index >= 15 is 0 Å². The standard InChI is InChI=1S/C29H28N2O3/c1-19-13-20(2)28(21(3)14-19)31-27(32)18-34-26-16-24-12-8-7-11-23(24)15-25(26)29(33)30-17-22-9-5-4-6-10-22/h4-16H,17-18H2,1-3H3,(H,30,33)(H,31,32). The number of anilines is 1. The highest BCUT2D eigenvalue weighted by molar-refractivity contribution is 6.02. The Bertz CT molecular complexity index is 1320. The zero-order valence-corrected chi connectivity index (χ0v) is 19.6. The number of benzene rings is 4. The molecule has 0 aliphatic heterocycles. The van der Waals surface area contributed by atoms with E-state index in [1.165, 1.54) is 0 Å². The number of nitrogens with one attached hydrogen (secondary N) is 2. The summed E-state index contributed by atoms with van der Waals surface area (Å²) in [4.78, 5) is 25.7. The summed E-state index contributed by atoms with van der Waals surface area (Å²) in [5.41, 5.74) is 5.33. The molecule has 172 valence electrons. The van der Waals surface area contributed by atoms with Crippen LogP contribution in [0.15, 0.2) is 78.9 Å². The lowest BCUT2D eigenvalue weighted by molar-refractivity contribution is -0.118. The molecule has 0 bridgehead atoms. The number of fused-ring (bicyclic) bond motifs is 1. The van der Waals surface area contributed by atoms with Gasteiger partial charge in [0.25, 0.3) is 11.8 Å². The van der Waals surface area contributed by atoms with Gasteiger partial charge in [-0.25, -0.2) is 0 Å². The molecule has 0 spiro atoms. The topological polar surface area (TPSA) is 67.4 Å². The minimum absolute atomic E-state index is 0.204. The third-order valence-electron chi connectivity index (χ3n) is 5.69. The number of rotatable bonds is 7. The van der Waals surface area contributed by atoms with Crippen molar-refractivity contribution in [2.75, 3.05) is 11.9 Å². The first-order valence-corrected chi connectivity index (χ1v) is 11.3. The van der Waals surface area contributed by atoms with E-state index in [1.54, 1.807) is 6.07 Å². The van der Waals surface area contributed by atoms with Crippen LogP contribution in [0.1, 0.15) is 32.6 Å². The second kappa shape index (κ2) is 10.2. The molecule has 0 aromatic heterocycles. The zero-order chi connectivity index (χ0) is 24.1. The predicted molar refractivity (Wildman–Crippen MR) is 136 cm³/mol. The van der Waals surface area contributed by atoms with E-state index in [0.29, 0.717) is 17.9 Å². The summed E-state index contributed by atoms with van der Waals surface area (Å²) in [6.45, 7) is 6.16. The molecule has 2 N–H and O–H groups in total. The maximum atomic E-state index is 13.0. The average Bonchev–Trinajstić information content (AvgIpc) is 2.83. The van der Waals surface area contributed by atoms with Gasteiger partial charge in [-0.3, -0.25) is 9.59 Å². The van der Waals surface area contributed by atoms with Crippen LogP contribution in [0.2, 0.25) is 0 Å². The Morgan fingerprint density at radius 2 is 1.41 bits per heavy atom. The Morgan fingerprint density at radius 1 is 0.794 bits per heavy atom. The number of amides is 2. The first kappa shape index (κ1) is 23.1. The summed E-state index contributed by atoms with van der Waals surface area (Å²) < 4.78 is 5.88. The molecular formula is C29H28N2O3. The van der Waals surface area contributed by atoms with Crippen molar-refractivity contribution < 1.29 is 14.3 Å². The molecule has 5 nitrogen and oxygen atoms in total. The Labute approximate surface area is 199 Å². The third-order valence-corrected chi connectivity index (χ3v) is 5.69. The van der Waals surface area contributed by atoms with Crippen LogP contribution in [-0.4, -0.2) is 18.4 Å². The summed E-state index contributed by atoms with van der Waals surface area (Å²) in [5.74, 6) is -0.161. The maximum Gasteiger partial charge on any atom is 0.262 e. The second-order valence-corrected chi connectivity index (χ2v) is 8.47. The molecule has 0 aliphatic carbocycles. The molecule has 0 heterocycles. The van der Waals surface area contributed by atoms with Crippen LogP contribution >= 0.6 is 0 Å². The smallest absolute Gasteiger partial charge is 0.262 e. The van der Waals surface area contributed by atoms with Crippen LogP contribution < -0.4 is 15.4 Å². The number of aryl methyl sites for hydroxylation is 3. The molecular weight excluding hydrogens is 424 g/mol. The molecule has 4 aromatic carbocycles. The third kappa shape index (κ3) is 5.44. The number of carbonyl (C=O) groups excluding carboxylic acids is 2. The van der Waals surface area contributed by atoms with Gasteiger partial charge < -0.3 is 15.4 Å². The van der Waals surface area contributed by atoms with Crippen LogP contribution in [0.4, 0.5) is 5.69 Å².